The zero-order valence-corrected chi connectivity index (χ0v) is 18.3. The summed E-state index contributed by atoms with van der Waals surface area (Å²) in [5.41, 5.74) is 3.79. The van der Waals surface area contributed by atoms with Gasteiger partial charge in [-0.05, 0) is 80.8 Å². The van der Waals surface area contributed by atoms with Gasteiger partial charge in [-0.1, -0.05) is 24.3 Å². The van der Waals surface area contributed by atoms with Crippen LogP contribution in [0, 0.1) is 5.92 Å². The number of carbonyl (C=O) groups is 1. The minimum Gasteiger partial charge on any atom is -0.376 e. The Morgan fingerprint density at radius 2 is 1.71 bits per heavy atom. The monoisotopic (exact) mass is 419 g/mol. The summed E-state index contributed by atoms with van der Waals surface area (Å²) in [5.74, 6) is 0.679. The fourth-order valence-corrected chi connectivity index (χ4v) is 5.56. The minimum atomic E-state index is 0.117. The van der Waals surface area contributed by atoms with Crippen LogP contribution in [-0.4, -0.2) is 65.6 Å². The van der Waals surface area contributed by atoms with Crippen LogP contribution >= 0.6 is 0 Å². The van der Waals surface area contributed by atoms with Crippen LogP contribution in [0.2, 0.25) is 0 Å². The number of rotatable bonds is 6. The third-order valence-electron chi connectivity index (χ3n) is 7.34. The number of pyridine rings is 1. The molecular formula is C26H33N3O2. The summed E-state index contributed by atoms with van der Waals surface area (Å²) in [6.45, 7) is 4.64. The number of hydrogen-bond acceptors (Lipinski definition) is 4. The largest absolute Gasteiger partial charge is 0.376 e. The summed E-state index contributed by atoms with van der Waals surface area (Å²) in [4.78, 5) is 22.0. The van der Waals surface area contributed by atoms with Crippen molar-refractivity contribution in [1.29, 1.82) is 0 Å². The van der Waals surface area contributed by atoms with E-state index in [4.69, 9.17) is 4.74 Å². The second kappa shape index (κ2) is 9.49. The fourth-order valence-electron chi connectivity index (χ4n) is 5.56. The lowest BCUT2D eigenvalue weighted by Gasteiger charge is -2.38. The van der Waals surface area contributed by atoms with Crippen molar-refractivity contribution in [3.63, 3.8) is 0 Å². The van der Waals surface area contributed by atoms with E-state index in [2.05, 4.69) is 39.0 Å². The van der Waals surface area contributed by atoms with Gasteiger partial charge in [0.05, 0.1) is 6.10 Å². The predicted octanol–water partition coefficient (Wildman–Crippen LogP) is 3.58. The number of aromatic nitrogens is 1. The lowest BCUT2D eigenvalue weighted by molar-refractivity contribution is 0.0430. The molecule has 2 aromatic rings. The van der Waals surface area contributed by atoms with Gasteiger partial charge in [0.2, 0.25) is 0 Å². The van der Waals surface area contributed by atoms with Crippen molar-refractivity contribution in [2.45, 2.75) is 50.7 Å². The molecule has 164 valence electrons. The molecule has 5 nitrogen and oxygen atoms in total. The van der Waals surface area contributed by atoms with E-state index in [1.165, 1.54) is 36.8 Å². The highest BCUT2D eigenvalue weighted by Gasteiger charge is 2.32. The maximum absolute atomic E-state index is 13.2. The Bertz CT molecular complexity index is 848. The predicted molar refractivity (Wildman–Crippen MR) is 121 cm³/mol. The van der Waals surface area contributed by atoms with Gasteiger partial charge in [0.15, 0.2) is 0 Å². The molecule has 3 heterocycles. The highest BCUT2D eigenvalue weighted by atomic mass is 16.5. The van der Waals surface area contributed by atoms with E-state index >= 15 is 0 Å². The molecule has 2 saturated heterocycles. The molecule has 1 atom stereocenters. The molecule has 31 heavy (non-hydrogen) atoms. The van der Waals surface area contributed by atoms with E-state index in [9.17, 15) is 4.79 Å². The molecule has 0 spiro atoms. The van der Waals surface area contributed by atoms with Crippen molar-refractivity contribution in [2.24, 2.45) is 5.92 Å². The van der Waals surface area contributed by atoms with Gasteiger partial charge in [0.25, 0.3) is 5.91 Å². The Labute approximate surface area is 185 Å². The third kappa shape index (κ3) is 4.83. The molecule has 1 unspecified atom stereocenters. The number of nitrogens with zero attached hydrogens (tertiary/aromatic N) is 3. The Kier molecular flexibility index (Phi) is 6.32. The van der Waals surface area contributed by atoms with E-state index in [1.54, 1.807) is 12.4 Å². The number of likely N-dealkylation sites (tertiary alicyclic amines) is 1. The van der Waals surface area contributed by atoms with Crippen molar-refractivity contribution < 1.29 is 9.53 Å². The molecule has 1 aromatic carbocycles. The first-order valence-electron chi connectivity index (χ1n) is 11.9. The smallest absolute Gasteiger partial charge is 0.254 e. The lowest BCUT2D eigenvalue weighted by atomic mass is 9.94. The molecule has 5 rings (SSSR count). The number of piperidine rings is 1. The summed E-state index contributed by atoms with van der Waals surface area (Å²) >= 11 is 0. The maximum atomic E-state index is 13.2. The summed E-state index contributed by atoms with van der Waals surface area (Å²) in [7, 11) is 0. The number of fused-ring (bicyclic) bond motifs is 1. The van der Waals surface area contributed by atoms with Crippen LogP contribution in [0.4, 0.5) is 0 Å². The van der Waals surface area contributed by atoms with Crippen molar-refractivity contribution in [3.05, 3.63) is 65.5 Å². The molecule has 1 aliphatic carbocycles. The van der Waals surface area contributed by atoms with Crippen molar-refractivity contribution in [1.82, 2.24) is 14.8 Å². The zero-order valence-electron chi connectivity index (χ0n) is 18.3. The molecule has 1 aromatic heterocycles. The van der Waals surface area contributed by atoms with Gasteiger partial charge in [-0.3, -0.25) is 14.7 Å². The molecule has 3 aliphatic rings. The number of carbonyl (C=O) groups excluding carboxylic acids is 1. The zero-order chi connectivity index (χ0) is 21.0. The van der Waals surface area contributed by atoms with E-state index < -0.39 is 0 Å². The van der Waals surface area contributed by atoms with Crippen LogP contribution in [-0.2, 0) is 17.6 Å². The molecule has 0 bridgehead atoms. The summed E-state index contributed by atoms with van der Waals surface area (Å²) in [5, 5.41) is 0. The summed E-state index contributed by atoms with van der Waals surface area (Å²) < 4.78 is 5.86. The number of ether oxygens (including phenoxy) is 1. The molecule has 0 N–H and O–H groups in total. The van der Waals surface area contributed by atoms with E-state index in [1.807, 2.05) is 12.1 Å². The van der Waals surface area contributed by atoms with Gasteiger partial charge < -0.3 is 9.64 Å². The highest BCUT2D eigenvalue weighted by Crippen LogP contribution is 2.29. The lowest BCUT2D eigenvalue weighted by Crippen LogP contribution is -2.46. The van der Waals surface area contributed by atoms with E-state index in [0.717, 1.165) is 44.6 Å². The molecule has 2 aliphatic heterocycles. The van der Waals surface area contributed by atoms with Crippen molar-refractivity contribution in [3.8, 4) is 0 Å². The van der Waals surface area contributed by atoms with Gasteiger partial charge >= 0.3 is 0 Å². The van der Waals surface area contributed by atoms with E-state index in [-0.39, 0.29) is 12.0 Å². The van der Waals surface area contributed by atoms with Gasteiger partial charge in [-0.2, -0.15) is 0 Å². The fraction of sp³-hybridized carbons (Fsp3) is 0.538. The molecule has 1 amide bonds. The average Bonchev–Trinajstić information content (AvgIpc) is 3.49. The van der Waals surface area contributed by atoms with Gasteiger partial charge in [-0.15, -0.1) is 0 Å². The Hall–Kier alpha value is -2.24. The number of hydrogen-bond donors (Lipinski definition) is 0. The first-order valence-corrected chi connectivity index (χ1v) is 11.9. The standard InChI is InChI=1S/C26H33N3O2/c30-26(21-7-11-27-12-8-21)29(19-25-6-3-15-31-25)18-20-9-13-28(14-10-20)24-16-22-4-1-2-5-23(22)17-24/h1-2,4-5,7-8,11-12,20,24-25H,3,6,9-10,13-19H2. The Balaban J connectivity index is 1.19. The van der Waals surface area contributed by atoms with Gasteiger partial charge in [-0.25, -0.2) is 0 Å². The van der Waals surface area contributed by atoms with Crippen LogP contribution < -0.4 is 0 Å². The molecule has 5 heteroatoms. The second-order valence-electron chi connectivity index (χ2n) is 9.39. The first kappa shape index (κ1) is 20.7. The number of benzene rings is 1. The first-order chi connectivity index (χ1) is 15.3. The molecule has 0 radical (unpaired) electrons. The second-order valence-corrected chi connectivity index (χ2v) is 9.39. The van der Waals surface area contributed by atoms with Crippen LogP contribution in [0.25, 0.3) is 0 Å². The van der Waals surface area contributed by atoms with Crippen LogP contribution in [0.5, 0.6) is 0 Å². The van der Waals surface area contributed by atoms with Crippen LogP contribution in [0.3, 0.4) is 0 Å². The SMILES string of the molecule is O=C(c1ccncc1)N(CC1CCN(C2Cc3ccccc3C2)CC1)CC1CCCO1. The van der Waals surface area contributed by atoms with Gasteiger partial charge in [0.1, 0.15) is 0 Å². The van der Waals surface area contributed by atoms with Crippen molar-refractivity contribution in [2.75, 3.05) is 32.8 Å². The molecular weight excluding hydrogens is 386 g/mol. The Morgan fingerprint density at radius 3 is 2.35 bits per heavy atom. The highest BCUT2D eigenvalue weighted by molar-refractivity contribution is 5.94. The van der Waals surface area contributed by atoms with Gasteiger partial charge in [0, 0.05) is 43.7 Å². The third-order valence-corrected chi connectivity index (χ3v) is 7.34. The summed E-state index contributed by atoms with van der Waals surface area (Å²) in [6.07, 6.45) is 10.5. The van der Waals surface area contributed by atoms with E-state index in [0.29, 0.717) is 18.5 Å². The number of amides is 1. The summed E-state index contributed by atoms with van der Waals surface area (Å²) in [6, 6.07) is 13.2. The van der Waals surface area contributed by atoms with Crippen LogP contribution in [0.1, 0.15) is 47.2 Å². The normalized spacial score (nSPS) is 22.5. The minimum absolute atomic E-state index is 0.117. The van der Waals surface area contributed by atoms with Crippen molar-refractivity contribution >= 4 is 5.91 Å². The van der Waals surface area contributed by atoms with Crippen LogP contribution in [0.15, 0.2) is 48.8 Å². The molecule has 0 saturated carbocycles. The quantitative estimate of drug-likeness (QED) is 0.718. The molecule has 2 fully saturated rings. The average molecular weight is 420 g/mol. The Morgan fingerprint density at radius 1 is 1.00 bits per heavy atom. The maximum Gasteiger partial charge on any atom is 0.254 e. The topological polar surface area (TPSA) is 45.7 Å².